The first-order valence-corrected chi connectivity index (χ1v) is 7.05. The van der Waals surface area contributed by atoms with E-state index in [0.717, 1.165) is 25.7 Å². The number of nitrogens with one attached hydrogen (secondary N) is 1. The molecule has 0 aromatic heterocycles. The van der Waals surface area contributed by atoms with Crippen molar-refractivity contribution in [3.05, 3.63) is 35.6 Å². The van der Waals surface area contributed by atoms with Crippen molar-refractivity contribution in [2.45, 2.75) is 50.9 Å². The van der Waals surface area contributed by atoms with E-state index < -0.39 is 0 Å². The highest BCUT2D eigenvalue weighted by Crippen LogP contribution is 2.36. The monoisotopic (exact) mass is 262 g/mol. The molecule has 3 nitrogen and oxygen atoms in total. The summed E-state index contributed by atoms with van der Waals surface area (Å²) in [5.74, 6) is -0.116. The number of benzene rings is 1. The van der Waals surface area contributed by atoms with Crippen LogP contribution in [0.5, 0.6) is 0 Å². The molecule has 2 unspecified atom stereocenters. The second kappa shape index (κ2) is 4.93. The molecule has 1 aliphatic heterocycles. The van der Waals surface area contributed by atoms with Gasteiger partial charge < -0.3 is 4.90 Å². The van der Waals surface area contributed by atoms with Gasteiger partial charge in [0, 0.05) is 11.6 Å². The van der Waals surface area contributed by atoms with Crippen LogP contribution in [0.1, 0.15) is 44.3 Å². The Morgan fingerprint density at radius 1 is 1.37 bits per heavy atom. The van der Waals surface area contributed by atoms with Gasteiger partial charge in [0.2, 0.25) is 5.91 Å². The smallest absolute Gasteiger partial charge is 0.241 e. The molecule has 0 radical (unpaired) electrons. The number of carbonyl (C=O) groups is 1. The molecule has 1 amide bonds. The molecule has 4 heteroatoms. The first-order valence-electron chi connectivity index (χ1n) is 7.05. The fourth-order valence-electron chi connectivity index (χ4n) is 2.93. The summed E-state index contributed by atoms with van der Waals surface area (Å²) in [6, 6.07) is 6.83. The molecule has 2 aliphatic rings. The first-order chi connectivity index (χ1) is 9.22. The van der Waals surface area contributed by atoms with E-state index >= 15 is 0 Å². The third-order valence-corrected chi connectivity index (χ3v) is 4.27. The normalized spacial score (nSPS) is 27.7. The van der Waals surface area contributed by atoms with Gasteiger partial charge in [0.15, 0.2) is 0 Å². The number of amides is 1. The van der Waals surface area contributed by atoms with Crippen molar-refractivity contribution in [3.63, 3.8) is 0 Å². The van der Waals surface area contributed by atoms with Crippen LogP contribution in [0.25, 0.3) is 0 Å². The quantitative estimate of drug-likeness (QED) is 0.908. The van der Waals surface area contributed by atoms with Crippen molar-refractivity contribution in [2.75, 3.05) is 0 Å². The minimum Gasteiger partial charge on any atom is -0.318 e. The number of nitrogens with zero attached hydrogens (tertiary/aromatic N) is 1. The van der Waals surface area contributed by atoms with E-state index in [-0.39, 0.29) is 30.0 Å². The minimum absolute atomic E-state index is 0.125. The van der Waals surface area contributed by atoms with Crippen molar-refractivity contribution in [2.24, 2.45) is 0 Å². The average molecular weight is 262 g/mol. The molecule has 2 fully saturated rings. The highest BCUT2D eigenvalue weighted by atomic mass is 19.1. The fourth-order valence-corrected chi connectivity index (χ4v) is 2.93. The molecule has 1 aromatic carbocycles. The SMILES string of the molecule is CCC1NC(c2ccccc2F)N(C2CCC2)C1=O. The zero-order valence-corrected chi connectivity index (χ0v) is 11.1. The van der Waals surface area contributed by atoms with Gasteiger partial charge in [0.1, 0.15) is 12.0 Å². The maximum absolute atomic E-state index is 14.0. The van der Waals surface area contributed by atoms with Crippen LogP contribution in [-0.4, -0.2) is 22.9 Å². The number of halogens is 1. The lowest BCUT2D eigenvalue weighted by Crippen LogP contribution is -2.44. The third-order valence-electron chi connectivity index (χ3n) is 4.27. The topological polar surface area (TPSA) is 32.3 Å². The Labute approximate surface area is 112 Å². The van der Waals surface area contributed by atoms with Crippen LogP contribution >= 0.6 is 0 Å². The lowest BCUT2D eigenvalue weighted by molar-refractivity contribution is -0.134. The van der Waals surface area contributed by atoms with Crippen LogP contribution in [-0.2, 0) is 4.79 Å². The Balaban J connectivity index is 1.94. The highest BCUT2D eigenvalue weighted by Gasteiger charge is 2.44. The summed E-state index contributed by atoms with van der Waals surface area (Å²) < 4.78 is 14.0. The Bertz CT molecular complexity index is 487. The van der Waals surface area contributed by atoms with Crippen LogP contribution in [0, 0.1) is 5.82 Å². The van der Waals surface area contributed by atoms with Crippen LogP contribution in [0.3, 0.4) is 0 Å². The number of hydrogen-bond acceptors (Lipinski definition) is 2. The molecule has 3 rings (SSSR count). The summed E-state index contributed by atoms with van der Waals surface area (Å²) in [6.07, 6.45) is 3.68. The molecule has 19 heavy (non-hydrogen) atoms. The van der Waals surface area contributed by atoms with Crippen LogP contribution < -0.4 is 5.32 Å². The Morgan fingerprint density at radius 3 is 2.68 bits per heavy atom. The molecule has 1 saturated heterocycles. The summed E-state index contributed by atoms with van der Waals surface area (Å²) in [5, 5.41) is 3.28. The summed E-state index contributed by atoms with van der Waals surface area (Å²) in [6.45, 7) is 1.98. The van der Waals surface area contributed by atoms with Gasteiger partial charge in [-0.15, -0.1) is 0 Å². The minimum atomic E-state index is -0.302. The largest absolute Gasteiger partial charge is 0.318 e. The van der Waals surface area contributed by atoms with E-state index in [2.05, 4.69) is 5.32 Å². The first kappa shape index (κ1) is 12.6. The number of carbonyl (C=O) groups excluding carboxylic acids is 1. The van der Waals surface area contributed by atoms with Crippen molar-refractivity contribution < 1.29 is 9.18 Å². The van der Waals surface area contributed by atoms with E-state index in [9.17, 15) is 9.18 Å². The van der Waals surface area contributed by atoms with Gasteiger partial charge in [-0.3, -0.25) is 10.1 Å². The maximum Gasteiger partial charge on any atom is 0.241 e. The molecule has 1 saturated carbocycles. The molecule has 1 aromatic rings. The van der Waals surface area contributed by atoms with E-state index in [1.54, 1.807) is 12.1 Å². The maximum atomic E-state index is 14.0. The molecular weight excluding hydrogens is 243 g/mol. The van der Waals surface area contributed by atoms with Crippen LogP contribution in [0.4, 0.5) is 4.39 Å². The molecule has 0 bridgehead atoms. The van der Waals surface area contributed by atoms with Gasteiger partial charge in [0.25, 0.3) is 0 Å². The predicted molar refractivity (Wildman–Crippen MR) is 70.8 cm³/mol. The molecule has 1 heterocycles. The van der Waals surface area contributed by atoms with Crippen molar-refractivity contribution in [3.8, 4) is 0 Å². The van der Waals surface area contributed by atoms with Gasteiger partial charge in [-0.25, -0.2) is 4.39 Å². The lowest BCUT2D eigenvalue weighted by atomic mass is 9.90. The fraction of sp³-hybridized carbons (Fsp3) is 0.533. The van der Waals surface area contributed by atoms with Gasteiger partial charge in [-0.05, 0) is 31.7 Å². The second-order valence-electron chi connectivity index (χ2n) is 5.38. The van der Waals surface area contributed by atoms with Crippen molar-refractivity contribution in [1.29, 1.82) is 0 Å². The third kappa shape index (κ3) is 2.04. The van der Waals surface area contributed by atoms with E-state index in [0.29, 0.717) is 5.56 Å². The Kier molecular flexibility index (Phi) is 3.27. The molecule has 1 aliphatic carbocycles. The van der Waals surface area contributed by atoms with Gasteiger partial charge in [-0.1, -0.05) is 25.1 Å². The Hall–Kier alpha value is -1.42. The van der Waals surface area contributed by atoms with Crippen LogP contribution in [0.2, 0.25) is 0 Å². The molecule has 2 atom stereocenters. The molecule has 102 valence electrons. The summed E-state index contributed by atoms with van der Waals surface area (Å²) in [4.78, 5) is 14.3. The van der Waals surface area contributed by atoms with E-state index in [1.807, 2.05) is 17.9 Å². The van der Waals surface area contributed by atoms with Crippen molar-refractivity contribution in [1.82, 2.24) is 10.2 Å². The molecule has 0 spiro atoms. The highest BCUT2D eigenvalue weighted by molar-refractivity contribution is 5.85. The van der Waals surface area contributed by atoms with E-state index in [4.69, 9.17) is 0 Å². The summed E-state index contributed by atoms with van der Waals surface area (Å²) >= 11 is 0. The average Bonchev–Trinajstić information content (AvgIpc) is 2.66. The van der Waals surface area contributed by atoms with Gasteiger partial charge in [-0.2, -0.15) is 0 Å². The number of hydrogen-bond donors (Lipinski definition) is 1. The second-order valence-corrected chi connectivity index (χ2v) is 5.38. The number of rotatable bonds is 3. The van der Waals surface area contributed by atoms with E-state index in [1.165, 1.54) is 6.07 Å². The summed E-state index contributed by atoms with van der Waals surface area (Å²) in [5.41, 5.74) is 0.582. The zero-order valence-electron chi connectivity index (χ0n) is 11.1. The molecule has 1 N–H and O–H groups in total. The standard InChI is InChI=1S/C15H19FN2O/c1-2-13-15(19)18(10-6-5-7-10)14(17-13)11-8-3-4-9-12(11)16/h3-4,8-10,13-14,17H,2,5-7H2,1H3. The van der Waals surface area contributed by atoms with Crippen LogP contribution in [0.15, 0.2) is 24.3 Å². The van der Waals surface area contributed by atoms with Gasteiger partial charge >= 0.3 is 0 Å². The molecular formula is C15H19FN2O. The Morgan fingerprint density at radius 2 is 2.11 bits per heavy atom. The summed E-state index contributed by atoms with van der Waals surface area (Å²) in [7, 11) is 0. The lowest BCUT2D eigenvalue weighted by Gasteiger charge is -2.38. The van der Waals surface area contributed by atoms with Crippen molar-refractivity contribution >= 4 is 5.91 Å². The predicted octanol–water partition coefficient (Wildman–Crippen LogP) is 2.59. The van der Waals surface area contributed by atoms with Gasteiger partial charge in [0.05, 0.1) is 6.04 Å². The zero-order chi connectivity index (χ0) is 13.4.